The minimum atomic E-state index is -0.608. The first-order chi connectivity index (χ1) is 9.61. The third-order valence-corrected chi connectivity index (χ3v) is 2.87. The lowest BCUT2D eigenvalue weighted by atomic mass is 10.2. The molecule has 0 atom stereocenters. The smallest absolute Gasteiger partial charge is 0.252 e. The van der Waals surface area contributed by atoms with E-state index in [9.17, 15) is 4.79 Å². The molecule has 0 bridgehead atoms. The van der Waals surface area contributed by atoms with E-state index in [1.807, 2.05) is 11.5 Å². The number of anilines is 1. The van der Waals surface area contributed by atoms with Gasteiger partial charge in [-0.05, 0) is 6.07 Å². The number of nitrogens with two attached hydrogens (primary N) is 1. The Kier molecular flexibility index (Phi) is 4.46. The molecule has 2 aromatic rings. The van der Waals surface area contributed by atoms with Crippen LogP contribution in [0.1, 0.15) is 23.1 Å². The van der Waals surface area contributed by atoms with Gasteiger partial charge in [0, 0.05) is 19.5 Å². The number of hydrogen-bond donors (Lipinski definition) is 2. The van der Waals surface area contributed by atoms with E-state index in [2.05, 4.69) is 25.7 Å². The van der Waals surface area contributed by atoms with Crippen LogP contribution in [0.2, 0.25) is 5.15 Å². The maximum absolute atomic E-state index is 11.3. The molecule has 106 valence electrons. The molecule has 0 saturated heterocycles. The van der Waals surface area contributed by atoms with Crippen LogP contribution in [-0.2, 0) is 13.0 Å². The van der Waals surface area contributed by atoms with E-state index in [4.69, 9.17) is 17.3 Å². The van der Waals surface area contributed by atoms with E-state index < -0.39 is 5.91 Å². The monoisotopic (exact) mass is 295 g/mol. The molecule has 2 heterocycles. The van der Waals surface area contributed by atoms with Crippen LogP contribution < -0.4 is 11.1 Å². The number of aryl methyl sites for hydroxylation is 1. The van der Waals surface area contributed by atoms with Crippen molar-refractivity contribution >= 4 is 23.3 Å². The molecule has 20 heavy (non-hydrogen) atoms. The van der Waals surface area contributed by atoms with Gasteiger partial charge < -0.3 is 15.6 Å². The Morgan fingerprint density at radius 3 is 2.95 bits per heavy atom. The number of amides is 1. The normalized spacial score (nSPS) is 10.5. The summed E-state index contributed by atoms with van der Waals surface area (Å²) in [5.41, 5.74) is 5.48. The summed E-state index contributed by atoms with van der Waals surface area (Å²) in [6, 6.07) is 1.38. The van der Waals surface area contributed by atoms with Gasteiger partial charge in [-0.2, -0.15) is 0 Å². The summed E-state index contributed by atoms with van der Waals surface area (Å²) in [6.07, 6.45) is 2.45. The zero-order valence-electron chi connectivity index (χ0n) is 10.9. The average molecular weight is 296 g/mol. The van der Waals surface area contributed by atoms with Crippen LogP contribution in [0, 0.1) is 0 Å². The molecule has 0 aliphatic heterocycles. The number of halogens is 1. The van der Waals surface area contributed by atoms with Gasteiger partial charge in [0.25, 0.3) is 5.91 Å². The van der Waals surface area contributed by atoms with Crippen molar-refractivity contribution < 1.29 is 4.79 Å². The summed E-state index contributed by atoms with van der Waals surface area (Å²) >= 11 is 5.69. The average Bonchev–Trinajstić information content (AvgIpc) is 2.87. The van der Waals surface area contributed by atoms with Crippen LogP contribution in [0.4, 0.5) is 5.82 Å². The fourth-order valence-electron chi connectivity index (χ4n) is 1.72. The molecule has 0 radical (unpaired) electrons. The number of nitrogens with zero attached hydrogens (tertiary/aromatic N) is 5. The molecule has 2 aromatic heterocycles. The minimum absolute atomic E-state index is 0.122. The maximum atomic E-state index is 11.3. The first-order valence-corrected chi connectivity index (χ1v) is 6.43. The summed E-state index contributed by atoms with van der Waals surface area (Å²) in [6.45, 7) is 3.17. The van der Waals surface area contributed by atoms with Crippen LogP contribution in [-0.4, -0.2) is 37.4 Å². The molecule has 0 spiro atoms. The highest BCUT2D eigenvalue weighted by Crippen LogP contribution is 2.14. The van der Waals surface area contributed by atoms with Gasteiger partial charge in [-0.1, -0.05) is 18.5 Å². The van der Waals surface area contributed by atoms with Crippen LogP contribution >= 0.6 is 11.6 Å². The highest BCUT2D eigenvalue weighted by atomic mass is 35.5. The summed E-state index contributed by atoms with van der Waals surface area (Å²) in [5.74, 6) is 0.597. The molecule has 0 aliphatic carbocycles. The summed E-state index contributed by atoms with van der Waals surface area (Å²) in [7, 11) is 0. The van der Waals surface area contributed by atoms with E-state index in [1.165, 1.54) is 6.07 Å². The van der Waals surface area contributed by atoms with E-state index in [0.717, 1.165) is 12.2 Å². The number of primary amides is 1. The van der Waals surface area contributed by atoms with Crippen molar-refractivity contribution in [1.29, 1.82) is 0 Å². The van der Waals surface area contributed by atoms with Gasteiger partial charge >= 0.3 is 0 Å². The van der Waals surface area contributed by atoms with Crippen LogP contribution in [0.5, 0.6) is 0 Å². The minimum Gasteiger partial charge on any atom is -0.366 e. The van der Waals surface area contributed by atoms with E-state index in [0.29, 0.717) is 18.9 Å². The third-order valence-electron chi connectivity index (χ3n) is 2.69. The third kappa shape index (κ3) is 3.21. The molecule has 0 aliphatic rings. The first kappa shape index (κ1) is 14.2. The Labute approximate surface area is 120 Å². The highest BCUT2D eigenvalue weighted by Gasteiger charge is 2.11. The summed E-state index contributed by atoms with van der Waals surface area (Å²) in [5, 5.41) is 18.5. The van der Waals surface area contributed by atoms with Crippen LogP contribution in [0.15, 0.2) is 12.4 Å². The van der Waals surface area contributed by atoms with Crippen molar-refractivity contribution in [2.75, 3.05) is 11.9 Å². The van der Waals surface area contributed by atoms with Crippen molar-refractivity contribution in [3.8, 4) is 0 Å². The quantitative estimate of drug-likeness (QED) is 0.802. The van der Waals surface area contributed by atoms with Crippen molar-refractivity contribution in [3.63, 3.8) is 0 Å². The zero-order valence-corrected chi connectivity index (χ0v) is 11.6. The number of aromatic nitrogens is 5. The number of carbonyl (C=O) groups is 1. The molecular weight excluding hydrogens is 282 g/mol. The van der Waals surface area contributed by atoms with Gasteiger partial charge in [0.15, 0.2) is 11.0 Å². The van der Waals surface area contributed by atoms with Crippen LogP contribution in [0.25, 0.3) is 0 Å². The van der Waals surface area contributed by atoms with Gasteiger partial charge in [0.2, 0.25) is 0 Å². The van der Waals surface area contributed by atoms with Crippen molar-refractivity contribution in [2.24, 2.45) is 5.73 Å². The fourth-order valence-corrected chi connectivity index (χ4v) is 1.87. The topological polar surface area (TPSA) is 112 Å². The SMILES string of the molecule is CCc1nncn1CCNc1nnc(Cl)cc1C(N)=O. The molecule has 3 N–H and O–H groups in total. The molecular formula is C11H14ClN7O. The lowest BCUT2D eigenvalue weighted by molar-refractivity contribution is 0.100. The van der Waals surface area contributed by atoms with Gasteiger partial charge in [0.1, 0.15) is 12.2 Å². The molecule has 8 nitrogen and oxygen atoms in total. The zero-order chi connectivity index (χ0) is 14.5. The van der Waals surface area contributed by atoms with Crippen LogP contribution in [0.3, 0.4) is 0 Å². The van der Waals surface area contributed by atoms with Gasteiger partial charge in [0.05, 0.1) is 5.56 Å². The van der Waals surface area contributed by atoms with E-state index in [-0.39, 0.29) is 10.7 Å². The van der Waals surface area contributed by atoms with E-state index >= 15 is 0 Å². The molecule has 0 saturated carbocycles. The lowest BCUT2D eigenvalue weighted by Crippen LogP contribution is -2.19. The highest BCUT2D eigenvalue weighted by molar-refractivity contribution is 6.29. The standard InChI is InChI=1S/C11H14ClN7O/c1-2-9-17-15-6-19(9)4-3-14-11-7(10(13)20)5-8(12)16-18-11/h5-6H,2-4H2,1H3,(H2,13,20)(H,14,18). The Morgan fingerprint density at radius 1 is 1.45 bits per heavy atom. The van der Waals surface area contributed by atoms with Crippen molar-refractivity contribution in [1.82, 2.24) is 25.0 Å². The summed E-state index contributed by atoms with van der Waals surface area (Å²) in [4.78, 5) is 11.3. The fraction of sp³-hybridized carbons (Fsp3) is 0.364. The molecule has 1 amide bonds. The number of hydrogen-bond acceptors (Lipinski definition) is 6. The lowest BCUT2D eigenvalue weighted by Gasteiger charge is -2.09. The Hall–Kier alpha value is -2.22. The molecule has 0 unspecified atom stereocenters. The predicted molar refractivity (Wildman–Crippen MR) is 73.4 cm³/mol. The molecule has 0 fully saturated rings. The van der Waals surface area contributed by atoms with Gasteiger partial charge in [-0.25, -0.2) is 0 Å². The number of rotatable bonds is 6. The second kappa shape index (κ2) is 6.29. The maximum Gasteiger partial charge on any atom is 0.252 e. The first-order valence-electron chi connectivity index (χ1n) is 6.05. The number of carbonyl (C=O) groups excluding carboxylic acids is 1. The Bertz CT molecular complexity index is 613. The van der Waals surface area contributed by atoms with Gasteiger partial charge in [-0.3, -0.25) is 4.79 Å². The Balaban J connectivity index is 2.03. The predicted octanol–water partition coefficient (Wildman–Crippen LogP) is 0.495. The second-order valence-electron chi connectivity index (χ2n) is 4.01. The molecule has 0 aromatic carbocycles. The van der Waals surface area contributed by atoms with Gasteiger partial charge in [-0.15, -0.1) is 20.4 Å². The Morgan fingerprint density at radius 2 is 2.25 bits per heavy atom. The van der Waals surface area contributed by atoms with E-state index in [1.54, 1.807) is 6.33 Å². The number of nitrogens with one attached hydrogen (secondary N) is 1. The summed E-state index contributed by atoms with van der Waals surface area (Å²) < 4.78 is 1.92. The second-order valence-corrected chi connectivity index (χ2v) is 4.40. The largest absolute Gasteiger partial charge is 0.366 e. The van der Waals surface area contributed by atoms with Crippen molar-refractivity contribution in [2.45, 2.75) is 19.9 Å². The molecule has 2 rings (SSSR count). The molecule has 9 heteroatoms. The van der Waals surface area contributed by atoms with Crippen molar-refractivity contribution in [3.05, 3.63) is 28.9 Å².